The molecule has 4 rings (SSSR count). The molecule has 2 aromatic heterocycles. The molecular weight excluding hydrogens is 342 g/mol. The average Bonchev–Trinajstić information content (AvgIpc) is 3.22. The van der Waals surface area contributed by atoms with E-state index in [1.165, 1.54) is 4.90 Å². The minimum absolute atomic E-state index is 0.151. The van der Waals surface area contributed by atoms with E-state index in [2.05, 4.69) is 20.2 Å². The first-order chi connectivity index (χ1) is 13.1. The molecule has 2 aromatic carbocycles. The van der Waals surface area contributed by atoms with Gasteiger partial charge in [0, 0.05) is 18.8 Å². The van der Waals surface area contributed by atoms with E-state index < -0.39 is 0 Å². The summed E-state index contributed by atoms with van der Waals surface area (Å²) in [6, 6.07) is 16.3. The van der Waals surface area contributed by atoms with Crippen molar-refractivity contribution in [3.05, 3.63) is 82.5 Å². The number of para-hydroxylation sites is 1. The van der Waals surface area contributed by atoms with E-state index in [9.17, 15) is 9.59 Å². The molecule has 0 radical (unpaired) electrons. The first kappa shape index (κ1) is 16.7. The molecule has 0 saturated carbocycles. The molecule has 0 aliphatic heterocycles. The summed E-state index contributed by atoms with van der Waals surface area (Å²) in [6.07, 6.45) is 1.68. The van der Waals surface area contributed by atoms with Crippen LogP contribution in [0.25, 0.3) is 22.2 Å². The number of fused-ring (bicyclic) bond motifs is 1. The summed E-state index contributed by atoms with van der Waals surface area (Å²) in [5.41, 5.74) is 2.80. The number of amides is 1. The highest BCUT2D eigenvalue weighted by Gasteiger charge is 2.14. The van der Waals surface area contributed by atoms with Gasteiger partial charge >= 0.3 is 0 Å². The number of H-pyrrole nitrogens is 2. The topological polar surface area (TPSA) is 94.7 Å². The molecule has 4 aromatic rings. The third-order valence-electron chi connectivity index (χ3n) is 4.34. The van der Waals surface area contributed by atoms with Gasteiger partial charge in [-0.15, -0.1) is 0 Å². The Kier molecular flexibility index (Phi) is 4.25. The van der Waals surface area contributed by atoms with Crippen LogP contribution in [0.3, 0.4) is 0 Å². The maximum Gasteiger partial charge on any atom is 0.258 e. The molecule has 0 saturated heterocycles. The number of nitrogens with zero attached hydrogens (tertiary/aromatic N) is 3. The van der Waals surface area contributed by atoms with Crippen LogP contribution in [-0.2, 0) is 6.54 Å². The first-order valence-electron chi connectivity index (χ1n) is 8.45. The minimum Gasteiger partial charge on any atom is -0.334 e. The van der Waals surface area contributed by atoms with E-state index in [1.54, 1.807) is 43.6 Å². The van der Waals surface area contributed by atoms with Gasteiger partial charge < -0.3 is 9.88 Å². The Labute approximate surface area is 154 Å². The second kappa shape index (κ2) is 6.87. The third kappa shape index (κ3) is 3.35. The largest absolute Gasteiger partial charge is 0.334 e. The van der Waals surface area contributed by atoms with E-state index in [0.717, 1.165) is 11.3 Å². The number of carbonyl (C=O) groups excluding carboxylic acids is 1. The van der Waals surface area contributed by atoms with Crippen molar-refractivity contribution in [3.8, 4) is 11.3 Å². The molecule has 0 aliphatic rings. The monoisotopic (exact) mass is 359 g/mol. The van der Waals surface area contributed by atoms with Crippen LogP contribution < -0.4 is 5.56 Å². The van der Waals surface area contributed by atoms with Crippen LogP contribution in [0.15, 0.2) is 65.6 Å². The number of nitrogens with one attached hydrogen (secondary N) is 2. The lowest BCUT2D eigenvalue weighted by Crippen LogP contribution is -2.28. The van der Waals surface area contributed by atoms with E-state index in [0.29, 0.717) is 22.3 Å². The molecule has 7 heteroatoms. The number of benzene rings is 2. The Bertz CT molecular complexity index is 1150. The van der Waals surface area contributed by atoms with Crippen molar-refractivity contribution in [2.45, 2.75) is 6.54 Å². The van der Waals surface area contributed by atoms with Crippen LogP contribution >= 0.6 is 0 Å². The fraction of sp³-hybridized carbons (Fsp3) is 0.100. The van der Waals surface area contributed by atoms with Crippen LogP contribution in [0.5, 0.6) is 0 Å². The summed E-state index contributed by atoms with van der Waals surface area (Å²) in [4.78, 5) is 33.6. The van der Waals surface area contributed by atoms with Gasteiger partial charge in [-0.3, -0.25) is 14.7 Å². The standard InChI is InChI=1S/C20H17N5O2/c1-25(12-18-22-17-5-3-2-4-15(17)19(26)23-18)20(27)14-8-6-13(7-9-14)16-10-11-21-24-16/h2-11H,12H2,1H3,(H,21,24)(H,22,23,26). The maximum absolute atomic E-state index is 12.7. The van der Waals surface area contributed by atoms with Gasteiger partial charge in [-0.05, 0) is 35.9 Å². The first-order valence-corrected chi connectivity index (χ1v) is 8.45. The summed E-state index contributed by atoms with van der Waals surface area (Å²) < 4.78 is 0. The number of hydrogen-bond acceptors (Lipinski definition) is 4. The number of aromatic nitrogens is 4. The Morgan fingerprint density at radius 3 is 2.59 bits per heavy atom. The maximum atomic E-state index is 12.7. The molecule has 0 atom stereocenters. The number of hydrogen-bond donors (Lipinski definition) is 2. The highest BCUT2D eigenvalue weighted by molar-refractivity contribution is 5.94. The van der Waals surface area contributed by atoms with Crippen molar-refractivity contribution >= 4 is 16.8 Å². The van der Waals surface area contributed by atoms with Crippen LogP contribution in [-0.4, -0.2) is 38.0 Å². The third-order valence-corrected chi connectivity index (χ3v) is 4.34. The molecule has 0 spiro atoms. The normalized spacial score (nSPS) is 10.9. The quantitative estimate of drug-likeness (QED) is 0.585. The molecule has 0 unspecified atom stereocenters. The van der Waals surface area contributed by atoms with Crippen molar-refractivity contribution in [2.24, 2.45) is 0 Å². The molecule has 0 aliphatic carbocycles. The lowest BCUT2D eigenvalue weighted by molar-refractivity contribution is 0.0781. The number of aromatic amines is 2. The molecular formula is C20H17N5O2. The minimum atomic E-state index is -0.208. The Morgan fingerprint density at radius 1 is 1.07 bits per heavy atom. The lowest BCUT2D eigenvalue weighted by Gasteiger charge is -2.17. The lowest BCUT2D eigenvalue weighted by atomic mass is 10.1. The average molecular weight is 359 g/mol. The fourth-order valence-corrected chi connectivity index (χ4v) is 2.94. The van der Waals surface area contributed by atoms with Gasteiger partial charge in [-0.1, -0.05) is 24.3 Å². The molecule has 7 nitrogen and oxygen atoms in total. The van der Waals surface area contributed by atoms with Gasteiger partial charge in [0.1, 0.15) is 5.82 Å². The van der Waals surface area contributed by atoms with E-state index >= 15 is 0 Å². The van der Waals surface area contributed by atoms with Gasteiger partial charge in [-0.2, -0.15) is 5.10 Å². The van der Waals surface area contributed by atoms with Crippen LogP contribution in [0.1, 0.15) is 16.2 Å². The van der Waals surface area contributed by atoms with Crippen molar-refractivity contribution < 1.29 is 4.79 Å². The Hall–Kier alpha value is -3.74. The number of carbonyl (C=O) groups is 1. The van der Waals surface area contributed by atoms with Crippen LogP contribution in [0, 0.1) is 0 Å². The Morgan fingerprint density at radius 2 is 1.85 bits per heavy atom. The molecule has 1 amide bonds. The zero-order valence-electron chi connectivity index (χ0n) is 14.6. The van der Waals surface area contributed by atoms with Crippen molar-refractivity contribution in [3.63, 3.8) is 0 Å². The molecule has 2 heterocycles. The number of rotatable bonds is 4. The Balaban J connectivity index is 1.53. The smallest absolute Gasteiger partial charge is 0.258 e. The van der Waals surface area contributed by atoms with Crippen molar-refractivity contribution in [2.75, 3.05) is 7.05 Å². The second-order valence-corrected chi connectivity index (χ2v) is 6.24. The summed E-state index contributed by atoms with van der Waals surface area (Å²) in [5, 5.41) is 7.35. The zero-order valence-corrected chi connectivity index (χ0v) is 14.6. The fourth-order valence-electron chi connectivity index (χ4n) is 2.94. The summed E-state index contributed by atoms with van der Waals surface area (Å²) >= 11 is 0. The van der Waals surface area contributed by atoms with Gasteiger partial charge in [0.15, 0.2) is 0 Å². The second-order valence-electron chi connectivity index (χ2n) is 6.24. The van der Waals surface area contributed by atoms with Gasteiger partial charge in [0.05, 0.1) is 23.1 Å². The van der Waals surface area contributed by atoms with Crippen molar-refractivity contribution in [1.29, 1.82) is 0 Å². The van der Waals surface area contributed by atoms with Gasteiger partial charge in [-0.25, -0.2) is 4.98 Å². The predicted octanol–water partition coefficient (Wildman–Crippen LogP) is 2.59. The molecule has 2 N–H and O–H groups in total. The van der Waals surface area contributed by atoms with E-state index in [1.807, 2.05) is 24.3 Å². The molecule has 0 bridgehead atoms. The van der Waals surface area contributed by atoms with Gasteiger partial charge in [0.25, 0.3) is 11.5 Å². The van der Waals surface area contributed by atoms with Crippen LogP contribution in [0.2, 0.25) is 0 Å². The van der Waals surface area contributed by atoms with E-state index in [4.69, 9.17) is 0 Å². The summed E-state index contributed by atoms with van der Waals surface area (Å²) in [6.45, 7) is 0.210. The summed E-state index contributed by atoms with van der Waals surface area (Å²) in [5.74, 6) is 0.297. The molecule has 27 heavy (non-hydrogen) atoms. The highest BCUT2D eigenvalue weighted by atomic mass is 16.2. The van der Waals surface area contributed by atoms with Gasteiger partial charge in [0.2, 0.25) is 0 Å². The predicted molar refractivity (Wildman–Crippen MR) is 102 cm³/mol. The molecule has 134 valence electrons. The highest BCUT2D eigenvalue weighted by Crippen LogP contribution is 2.17. The van der Waals surface area contributed by atoms with Crippen LogP contribution in [0.4, 0.5) is 0 Å². The van der Waals surface area contributed by atoms with E-state index in [-0.39, 0.29) is 18.0 Å². The molecule has 0 fully saturated rings. The zero-order chi connectivity index (χ0) is 18.8. The summed E-state index contributed by atoms with van der Waals surface area (Å²) in [7, 11) is 1.68. The SMILES string of the molecule is CN(Cc1nc2ccccc2c(=O)[nH]1)C(=O)c1ccc(-c2ccn[nH]2)cc1. The van der Waals surface area contributed by atoms with Crippen molar-refractivity contribution in [1.82, 2.24) is 25.1 Å².